The summed E-state index contributed by atoms with van der Waals surface area (Å²) >= 11 is 19.4. The van der Waals surface area contributed by atoms with Crippen molar-refractivity contribution in [3.05, 3.63) is 68.1 Å². The third-order valence-electron chi connectivity index (χ3n) is 4.02. The Morgan fingerprint density at radius 3 is 2.41 bits per heavy atom. The molecule has 5 nitrogen and oxygen atoms in total. The average molecular weight is 469 g/mol. The highest BCUT2D eigenvalue weighted by Gasteiger charge is 2.22. The molecule has 0 unspecified atom stereocenters. The van der Waals surface area contributed by atoms with Crippen molar-refractivity contribution < 1.29 is 9.59 Å². The smallest absolute Gasteiger partial charge is 0.266 e. The maximum Gasteiger partial charge on any atom is 0.266 e. The number of nitrogens with zero attached hydrogens (tertiary/aromatic N) is 2. The van der Waals surface area contributed by atoms with E-state index in [1.54, 1.807) is 44.3 Å². The van der Waals surface area contributed by atoms with Crippen LogP contribution in [0.1, 0.15) is 15.4 Å². The quantitative estimate of drug-likeness (QED) is 0.515. The van der Waals surface area contributed by atoms with Crippen LogP contribution in [0.25, 0.3) is 10.6 Å². The van der Waals surface area contributed by atoms with Gasteiger partial charge in [0, 0.05) is 17.6 Å². The maximum atomic E-state index is 12.8. The Hall–Kier alpha value is -2.12. The number of likely N-dealkylation sites (N-methyl/N-ethyl adjacent to an activating group) is 1. The fourth-order valence-electron chi connectivity index (χ4n) is 2.60. The third-order valence-corrected chi connectivity index (χ3v) is 6.08. The van der Waals surface area contributed by atoms with Crippen molar-refractivity contribution in [1.82, 2.24) is 9.88 Å². The summed E-state index contributed by atoms with van der Waals surface area (Å²) in [7, 11) is 1.55. The number of aromatic nitrogens is 1. The molecule has 9 heteroatoms. The second-order valence-electron chi connectivity index (χ2n) is 6.25. The molecule has 2 amide bonds. The first kappa shape index (κ1) is 21.6. The molecule has 0 spiro atoms. The molecule has 0 saturated heterocycles. The van der Waals surface area contributed by atoms with E-state index in [2.05, 4.69) is 10.3 Å². The summed E-state index contributed by atoms with van der Waals surface area (Å²) in [5.74, 6) is -0.707. The number of aryl methyl sites for hydroxylation is 1. The summed E-state index contributed by atoms with van der Waals surface area (Å²) in [6.07, 6.45) is 0. The lowest BCUT2D eigenvalue weighted by Crippen LogP contribution is -2.35. The number of rotatable bonds is 5. The summed E-state index contributed by atoms with van der Waals surface area (Å²) in [5, 5.41) is 4.57. The number of halogens is 3. The van der Waals surface area contributed by atoms with Crippen LogP contribution >= 0.6 is 46.1 Å². The molecule has 29 heavy (non-hydrogen) atoms. The van der Waals surface area contributed by atoms with E-state index < -0.39 is 5.91 Å². The molecule has 150 valence electrons. The first-order chi connectivity index (χ1) is 13.8. The van der Waals surface area contributed by atoms with E-state index in [0.717, 1.165) is 5.56 Å². The molecule has 0 atom stereocenters. The van der Waals surface area contributed by atoms with Crippen LogP contribution in [-0.2, 0) is 4.79 Å². The van der Waals surface area contributed by atoms with Crippen LogP contribution < -0.4 is 5.32 Å². The van der Waals surface area contributed by atoms with Crippen LogP contribution in [0.4, 0.5) is 5.69 Å². The number of carbonyl (C=O) groups excluding carboxylic acids is 2. The summed E-state index contributed by atoms with van der Waals surface area (Å²) in [4.78, 5) is 31.5. The number of amides is 2. The zero-order valence-corrected chi connectivity index (χ0v) is 18.6. The largest absolute Gasteiger partial charge is 0.332 e. The predicted molar refractivity (Wildman–Crippen MR) is 119 cm³/mol. The number of hydrogen-bond donors (Lipinski definition) is 1. The van der Waals surface area contributed by atoms with Gasteiger partial charge < -0.3 is 10.2 Å². The summed E-state index contributed by atoms with van der Waals surface area (Å²) < 4.78 is 0. The van der Waals surface area contributed by atoms with E-state index in [4.69, 9.17) is 34.8 Å². The Morgan fingerprint density at radius 1 is 1.10 bits per heavy atom. The highest BCUT2D eigenvalue weighted by atomic mass is 35.5. The van der Waals surface area contributed by atoms with Crippen LogP contribution in [0.15, 0.2) is 42.5 Å². The van der Waals surface area contributed by atoms with Gasteiger partial charge >= 0.3 is 0 Å². The van der Waals surface area contributed by atoms with Gasteiger partial charge in [0.1, 0.15) is 9.88 Å². The first-order valence-electron chi connectivity index (χ1n) is 8.49. The highest BCUT2D eigenvalue weighted by Crippen LogP contribution is 2.31. The summed E-state index contributed by atoms with van der Waals surface area (Å²) in [5.41, 5.74) is 1.74. The van der Waals surface area contributed by atoms with Gasteiger partial charge in [-0.3, -0.25) is 9.59 Å². The van der Waals surface area contributed by atoms with Gasteiger partial charge in [0.15, 0.2) is 0 Å². The van der Waals surface area contributed by atoms with Crippen molar-refractivity contribution in [2.75, 3.05) is 18.9 Å². The zero-order chi connectivity index (χ0) is 21.1. The maximum absolute atomic E-state index is 12.8. The Kier molecular flexibility index (Phi) is 6.80. The molecule has 1 N–H and O–H groups in total. The van der Waals surface area contributed by atoms with E-state index in [1.165, 1.54) is 16.2 Å². The van der Waals surface area contributed by atoms with Gasteiger partial charge in [-0.15, -0.1) is 11.3 Å². The van der Waals surface area contributed by atoms with E-state index in [-0.39, 0.29) is 12.5 Å². The number of anilines is 1. The number of carbonyl (C=O) groups is 2. The highest BCUT2D eigenvalue weighted by molar-refractivity contribution is 7.17. The minimum Gasteiger partial charge on any atom is -0.332 e. The number of nitrogens with one attached hydrogen (secondary N) is 1. The minimum atomic E-state index is -0.409. The summed E-state index contributed by atoms with van der Waals surface area (Å²) in [6.45, 7) is 1.60. The van der Waals surface area contributed by atoms with Crippen molar-refractivity contribution in [2.45, 2.75) is 6.92 Å². The molecule has 2 aromatic carbocycles. The van der Waals surface area contributed by atoms with Crippen molar-refractivity contribution in [1.29, 1.82) is 0 Å². The number of thiazole rings is 1. The SMILES string of the molecule is Cc1nc(-c2cccc(Cl)c2)sc1C(=O)N(C)CC(=O)Nc1c(Cl)cccc1Cl. The van der Waals surface area contributed by atoms with Crippen LogP contribution in [-0.4, -0.2) is 35.3 Å². The Morgan fingerprint density at radius 2 is 1.76 bits per heavy atom. The fourth-order valence-corrected chi connectivity index (χ4v) is 4.34. The zero-order valence-electron chi connectivity index (χ0n) is 15.5. The lowest BCUT2D eigenvalue weighted by molar-refractivity contribution is -0.116. The van der Waals surface area contributed by atoms with Crippen molar-refractivity contribution >= 4 is 63.6 Å². The number of para-hydroxylation sites is 1. The van der Waals surface area contributed by atoms with Gasteiger partial charge in [-0.2, -0.15) is 0 Å². The monoisotopic (exact) mass is 467 g/mol. The van der Waals surface area contributed by atoms with E-state index in [9.17, 15) is 9.59 Å². The molecular weight excluding hydrogens is 453 g/mol. The molecule has 0 aliphatic heterocycles. The Balaban J connectivity index is 1.72. The number of hydrogen-bond acceptors (Lipinski definition) is 4. The molecule has 3 aromatic rings. The molecule has 0 bridgehead atoms. The Labute approximate surface area is 187 Å². The van der Waals surface area contributed by atoms with Gasteiger partial charge in [0.2, 0.25) is 5.91 Å². The van der Waals surface area contributed by atoms with Crippen LogP contribution in [0.3, 0.4) is 0 Å². The third kappa shape index (κ3) is 5.08. The minimum absolute atomic E-state index is 0.162. The molecule has 0 saturated carbocycles. The van der Waals surface area contributed by atoms with Crippen molar-refractivity contribution in [2.24, 2.45) is 0 Å². The fraction of sp³-hybridized carbons (Fsp3) is 0.150. The molecule has 0 radical (unpaired) electrons. The lowest BCUT2D eigenvalue weighted by Gasteiger charge is -2.17. The van der Waals surface area contributed by atoms with Crippen molar-refractivity contribution in [3.8, 4) is 10.6 Å². The molecular formula is C20H16Cl3N3O2S. The molecule has 0 aliphatic carbocycles. The van der Waals surface area contributed by atoms with Gasteiger partial charge in [0.05, 0.1) is 28.0 Å². The Bertz CT molecular complexity index is 1060. The topological polar surface area (TPSA) is 62.3 Å². The van der Waals surface area contributed by atoms with E-state index >= 15 is 0 Å². The second kappa shape index (κ2) is 9.13. The molecule has 3 rings (SSSR count). The van der Waals surface area contributed by atoms with Gasteiger partial charge in [-0.05, 0) is 31.2 Å². The molecule has 1 aromatic heterocycles. The van der Waals surface area contributed by atoms with E-state index in [0.29, 0.717) is 36.3 Å². The van der Waals surface area contributed by atoms with Crippen molar-refractivity contribution in [3.63, 3.8) is 0 Å². The standard InChI is InChI=1S/C20H16Cl3N3O2S/c1-11-18(29-19(24-11)12-5-3-6-13(21)9-12)20(28)26(2)10-16(27)25-17-14(22)7-4-8-15(17)23/h3-9H,10H2,1-2H3,(H,25,27). The van der Waals surface area contributed by atoms with Gasteiger partial charge in [0.25, 0.3) is 5.91 Å². The normalized spacial score (nSPS) is 10.7. The van der Waals surface area contributed by atoms with Crippen LogP contribution in [0.5, 0.6) is 0 Å². The molecule has 1 heterocycles. The average Bonchev–Trinajstić information content (AvgIpc) is 3.06. The molecule has 0 aliphatic rings. The second-order valence-corrected chi connectivity index (χ2v) is 8.50. The predicted octanol–water partition coefficient (Wildman–Crippen LogP) is 5.79. The number of benzene rings is 2. The van der Waals surface area contributed by atoms with Crippen LogP contribution in [0, 0.1) is 6.92 Å². The summed E-state index contributed by atoms with van der Waals surface area (Å²) in [6, 6.07) is 12.2. The van der Waals surface area contributed by atoms with Gasteiger partial charge in [-0.1, -0.05) is 53.0 Å². The first-order valence-corrected chi connectivity index (χ1v) is 10.4. The van der Waals surface area contributed by atoms with Gasteiger partial charge in [-0.25, -0.2) is 4.98 Å². The van der Waals surface area contributed by atoms with E-state index in [1.807, 2.05) is 12.1 Å². The molecule has 0 fully saturated rings. The van der Waals surface area contributed by atoms with Crippen LogP contribution in [0.2, 0.25) is 15.1 Å². The lowest BCUT2D eigenvalue weighted by atomic mass is 10.2.